The van der Waals surface area contributed by atoms with Gasteiger partial charge in [-0.2, -0.15) is 15.0 Å². The van der Waals surface area contributed by atoms with Gasteiger partial charge in [0.25, 0.3) is 0 Å². The first-order chi connectivity index (χ1) is 16.0. The maximum atomic E-state index is 12.6. The standard InChI is InChI=1S/C23H28N4O6/c1-14(28)17-13-33-27-16(10-18(29)30-2)12-26(11-15-8-6-5-7-9-15)21-19(20(17)27)22(31-3)25-23(24-21)32-4/h5-9,16-17,20H,10-13H2,1-4H3. The molecule has 4 rings (SSSR count). The molecule has 0 N–H and O–H groups in total. The smallest absolute Gasteiger partial charge is 0.321 e. The monoisotopic (exact) mass is 456 g/mol. The van der Waals surface area contributed by atoms with Gasteiger partial charge in [-0.15, -0.1) is 0 Å². The molecule has 2 aromatic rings. The van der Waals surface area contributed by atoms with Crippen LogP contribution < -0.4 is 14.4 Å². The van der Waals surface area contributed by atoms with Crippen molar-refractivity contribution < 1.29 is 28.6 Å². The predicted molar refractivity (Wildman–Crippen MR) is 118 cm³/mol. The highest BCUT2D eigenvalue weighted by Gasteiger charge is 2.49. The topological polar surface area (TPSA) is 103 Å². The largest absolute Gasteiger partial charge is 0.481 e. The van der Waals surface area contributed by atoms with E-state index in [2.05, 4.69) is 9.97 Å². The van der Waals surface area contributed by atoms with Crippen LogP contribution in [0.4, 0.5) is 5.82 Å². The summed E-state index contributed by atoms with van der Waals surface area (Å²) >= 11 is 0. The lowest BCUT2D eigenvalue weighted by molar-refractivity contribution is -0.171. The van der Waals surface area contributed by atoms with Crippen molar-refractivity contribution >= 4 is 17.6 Å². The van der Waals surface area contributed by atoms with Crippen LogP contribution in [-0.2, 0) is 25.7 Å². The summed E-state index contributed by atoms with van der Waals surface area (Å²) in [5.74, 6) is 0.0306. The van der Waals surface area contributed by atoms with Crippen LogP contribution in [0.1, 0.15) is 30.5 Å². The highest BCUT2D eigenvalue weighted by molar-refractivity contribution is 5.80. The van der Waals surface area contributed by atoms with Crippen LogP contribution in [0.2, 0.25) is 0 Å². The Kier molecular flexibility index (Phi) is 6.75. The molecule has 0 amide bonds. The van der Waals surface area contributed by atoms with Crippen molar-refractivity contribution in [3.8, 4) is 11.9 Å². The second-order valence-electron chi connectivity index (χ2n) is 8.07. The summed E-state index contributed by atoms with van der Waals surface area (Å²) < 4.78 is 15.9. The minimum absolute atomic E-state index is 0.0281. The van der Waals surface area contributed by atoms with Crippen LogP contribution in [0.25, 0.3) is 0 Å². The number of anilines is 1. The van der Waals surface area contributed by atoms with Crippen molar-refractivity contribution in [2.24, 2.45) is 5.92 Å². The van der Waals surface area contributed by atoms with Crippen LogP contribution in [0.15, 0.2) is 30.3 Å². The number of esters is 1. The van der Waals surface area contributed by atoms with Gasteiger partial charge in [0.15, 0.2) is 0 Å². The molecular formula is C23H28N4O6. The average molecular weight is 456 g/mol. The molecule has 3 atom stereocenters. The molecule has 0 radical (unpaired) electrons. The zero-order chi connectivity index (χ0) is 23.5. The third-order valence-corrected chi connectivity index (χ3v) is 6.06. The van der Waals surface area contributed by atoms with E-state index in [1.807, 2.05) is 35.2 Å². The number of nitrogens with zero attached hydrogens (tertiary/aromatic N) is 4. The zero-order valence-corrected chi connectivity index (χ0v) is 19.2. The third kappa shape index (κ3) is 4.49. The summed E-state index contributed by atoms with van der Waals surface area (Å²) in [5.41, 5.74) is 1.70. The number of hydrogen-bond acceptors (Lipinski definition) is 10. The Morgan fingerprint density at radius 1 is 1.12 bits per heavy atom. The van der Waals surface area contributed by atoms with Gasteiger partial charge in [-0.3, -0.25) is 14.4 Å². The minimum Gasteiger partial charge on any atom is -0.481 e. The van der Waals surface area contributed by atoms with Crippen LogP contribution in [0, 0.1) is 5.92 Å². The van der Waals surface area contributed by atoms with Crippen molar-refractivity contribution in [3.05, 3.63) is 41.5 Å². The molecule has 0 spiro atoms. The molecular weight excluding hydrogens is 428 g/mol. The van der Waals surface area contributed by atoms with E-state index in [1.165, 1.54) is 28.3 Å². The molecule has 2 aliphatic rings. The van der Waals surface area contributed by atoms with Crippen molar-refractivity contribution in [3.63, 3.8) is 0 Å². The number of hydrogen-bond donors (Lipinski definition) is 0. The normalized spacial score (nSPS) is 22.2. The summed E-state index contributed by atoms with van der Waals surface area (Å²) in [5, 5.41) is 1.73. The summed E-state index contributed by atoms with van der Waals surface area (Å²) in [7, 11) is 4.36. The first-order valence-electron chi connectivity index (χ1n) is 10.7. The van der Waals surface area contributed by atoms with Crippen molar-refractivity contribution in [2.45, 2.75) is 32.0 Å². The third-order valence-electron chi connectivity index (χ3n) is 6.06. The number of carbonyl (C=O) groups excluding carboxylic acids is 2. The SMILES string of the molecule is COC(=O)CC1CN(Cc2ccccc2)c2nc(OC)nc(OC)c2C2C(C(C)=O)CON12. The number of aromatic nitrogens is 2. The Balaban J connectivity index is 1.89. The molecule has 0 aliphatic carbocycles. The van der Waals surface area contributed by atoms with Gasteiger partial charge < -0.3 is 19.1 Å². The second-order valence-corrected chi connectivity index (χ2v) is 8.07. The lowest BCUT2D eigenvalue weighted by Crippen LogP contribution is -2.42. The highest BCUT2D eigenvalue weighted by atomic mass is 16.7. The Hall–Kier alpha value is -3.24. The fourth-order valence-electron chi connectivity index (χ4n) is 4.48. The van der Waals surface area contributed by atoms with E-state index in [9.17, 15) is 9.59 Å². The molecule has 1 fully saturated rings. The quantitative estimate of drug-likeness (QED) is 0.574. The number of carbonyl (C=O) groups is 2. The molecule has 176 valence electrons. The summed E-state index contributed by atoms with van der Waals surface area (Å²) in [6, 6.07) is 9.17. The van der Waals surface area contributed by atoms with E-state index >= 15 is 0 Å². The van der Waals surface area contributed by atoms with Crippen molar-refractivity contribution in [1.82, 2.24) is 15.0 Å². The predicted octanol–water partition coefficient (Wildman–Crippen LogP) is 1.94. The molecule has 10 heteroatoms. The van der Waals surface area contributed by atoms with Crippen LogP contribution >= 0.6 is 0 Å². The van der Waals surface area contributed by atoms with E-state index in [0.29, 0.717) is 30.4 Å². The van der Waals surface area contributed by atoms with Gasteiger partial charge in [0, 0.05) is 13.1 Å². The highest BCUT2D eigenvalue weighted by Crippen LogP contribution is 2.47. The summed E-state index contributed by atoms with van der Waals surface area (Å²) in [4.78, 5) is 42.0. The van der Waals surface area contributed by atoms with Gasteiger partial charge in [-0.1, -0.05) is 30.3 Å². The minimum atomic E-state index is -0.520. The zero-order valence-electron chi connectivity index (χ0n) is 19.2. The van der Waals surface area contributed by atoms with Crippen LogP contribution in [0.3, 0.4) is 0 Å². The summed E-state index contributed by atoms with van der Waals surface area (Å²) in [6.45, 7) is 2.66. The number of hydroxylamine groups is 2. The van der Waals surface area contributed by atoms with E-state index in [4.69, 9.17) is 19.0 Å². The fraction of sp³-hybridized carbons (Fsp3) is 0.478. The molecule has 0 saturated carbocycles. The number of methoxy groups -OCH3 is 3. The number of benzene rings is 1. The molecule has 1 aromatic heterocycles. The lowest BCUT2D eigenvalue weighted by Gasteiger charge is -2.30. The maximum Gasteiger partial charge on any atom is 0.321 e. The van der Waals surface area contributed by atoms with E-state index < -0.39 is 12.0 Å². The van der Waals surface area contributed by atoms with Gasteiger partial charge >= 0.3 is 12.0 Å². The first kappa shape index (κ1) is 22.9. The van der Waals surface area contributed by atoms with Gasteiger partial charge in [0.1, 0.15) is 11.6 Å². The van der Waals surface area contributed by atoms with Gasteiger partial charge in [0.05, 0.1) is 57.9 Å². The fourth-order valence-corrected chi connectivity index (χ4v) is 4.48. The lowest BCUT2D eigenvalue weighted by atomic mass is 9.91. The van der Waals surface area contributed by atoms with Crippen molar-refractivity contribution in [1.29, 1.82) is 0 Å². The summed E-state index contributed by atoms with van der Waals surface area (Å²) in [6.07, 6.45) is 0.0871. The van der Waals surface area contributed by atoms with Crippen LogP contribution in [-0.4, -0.2) is 67.3 Å². The first-order valence-corrected chi connectivity index (χ1v) is 10.7. The Morgan fingerprint density at radius 2 is 1.88 bits per heavy atom. The number of fused-ring (bicyclic) bond motifs is 3. The van der Waals surface area contributed by atoms with Gasteiger partial charge in [0.2, 0.25) is 5.88 Å². The molecule has 3 heterocycles. The van der Waals surface area contributed by atoms with E-state index in [0.717, 1.165) is 5.56 Å². The van der Waals surface area contributed by atoms with Crippen LogP contribution in [0.5, 0.6) is 11.9 Å². The molecule has 3 unspecified atom stereocenters. The number of ether oxygens (including phenoxy) is 3. The van der Waals surface area contributed by atoms with E-state index in [1.54, 1.807) is 5.06 Å². The molecule has 33 heavy (non-hydrogen) atoms. The number of ketones is 1. The Bertz CT molecular complexity index is 1020. The number of rotatable bonds is 7. The molecule has 0 bridgehead atoms. The molecule has 1 aromatic carbocycles. The van der Waals surface area contributed by atoms with Crippen molar-refractivity contribution in [2.75, 3.05) is 39.4 Å². The van der Waals surface area contributed by atoms with Gasteiger partial charge in [-0.25, -0.2) is 0 Å². The van der Waals surface area contributed by atoms with Gasteiger partial charge in [-0.05, 0) is 12.5 Å². The Morgan fingerprint density at radius 3 is 2.52 bits per heavy atom. The van der Waals surface area contributed by atoms with E-state index in [-0.39, 0.29) is 36.8 Å². The molecule has 2 aliphatic heterocycles. The Labute approximate surface area is 192 Å². The molecule has 10 nitrogen and oxygen atoms in total. The average Bonchev–Trinajstić information content (AvgIpc) is 3.23. The molecule has 1 saturated heterocycles. The second kappa shape index (κ2) is 9.72. The maximum absolute atomic E-state index is 12.6. The number of Topliss-reactive ketones (excluding diaryl/α,β-unsaturated/α-hetero) is 1.